The highest BCUT2D eigenvalue weighted by atomic mass is 16.5. The first-order valence-corrected chi connectivity index (χ1v) is 8.63. The Kier molecular flexibility index (Phi) is 5.29. The van der Waals surface area contributed by atoms with E-state index >= 15 is 0 Å². The largest absolute Gasteiger partial charge is 0.493 e. The molecule has 0 bridgehead atoms. The number of para-hydroxylation sites is 2. The molecule has 0 aliphatic rings. The lowest BCUT2D eigenvalue weighted by molar-refractivity contribution is 0.227. The van der Waals surface area contributed by atoms with Gasteiger partial charge in [-0.15, -0.1) is 0 Å². The second-order valence-electron chi connectivity index (χ2n) is 6.40. The lowest BCUT2D eigenvalue weighted by Gasteiger charge is -2.19. The Hall–Kier alpha value is -2.46. The molecule has 3 rings (SSSR count). The number of methoxy groups -OCH3 is 1. The van der Waals surface area contributed by atoms with E-state index in [-0.39, 0.29) is 12.1 Å². The zero-order valence-corrected chi connectivity index (χ0v) is 15.2. The highest BCUT2D eigenvalue weighted by molar-refractivity contribution is 5.77. The maximum Gasteiger partial charge on any atom is 0.166 e. The molecule has 0 saturated heterocycles. The van der Waals surface area contributed by atoms with Crippen LogP contribution < -0.4 is 14.8 Å². The van der Waals surface area contributed by atoms with E-state index in [1.54, 1.807) is 7.11 Å². The van der Waals surface area contributed by atoms with Crippen molar-refractivity contribution in [2.45, 2.75) is 39.5 Å². The molecule has 1 aromatic heterocycles. The van der Waals surface area contributed by atoms with Crippen LogP contribution in [0.15, 0.2) is 52.9 Å². The van der Waals surface area contributed by atoms with E-state index in [1.165, 1.54) is 0 Å². The number of ether oxygens (including phenoxy) is 2. The van der Waals surface area contributed by atoms with Crippen molar-refractivity contribution in [3.8, 4) is 11.5 Å². The number of rotatable bonds is 7. The van der Waals surface area contributed by atoms with Crippen LogP contribution in [0.1, 0.15) is 38.1 Å². The summed E-state index contributed by atoms with van der Waals surface area (Å²) in [5, 5.41) is 4.63. The number of hydrogen-bond donors (Lipinski definition) is 1. The minimum Gasteiger partial charge on any atom is -0.493 e. The maximum atomic E-state index is 5.96. The zero-order valence-electron chi connectivity index (χ0n) is 15.2. The summed E-state index contributed by atoms with van der Waals surface area (Å²) < 4.78 is 17.4. The van der Waals surface area contributed by atoms with Crippen molar-refractivity contribution in [3.05, 3.63) is 59.9 Å². The molecule has 0 aliphatic carbocycles. The molecular formula is C21H25NO3. The highest BCUT2D eigenvalue weighted by Crippen LogP contribution is 2.32. The molecule has 4 heteroatoms. The monoisotopic (exact) mass is 339 g/mol. The van der Waals surface area contributed by atoms with Crippen molar-refractivity contribution >= 4 is 11.0 Å². The third-order valence-corrected chi connectivity index (χ3v) is 4.10. The molecular weight excluding hydrogens is 314 g/mol. The predicted molar refractivity (Wildman–Crippen MR) is 100 cm³/mol. The molecule has 0 aliphatic heterocycles. The van der Waals surface area contributed by atoms with Gasteiger partial charge in [0.1, 0.15) is 11.3 Å². The van der Waals surface area contributed by atoms with Crippen LogP contribution in [0.25, 0.3) is 11.0 Å². The van der Waals surface area contributed by atoms with E-state index in [4.69, 9.17) is 13.9 Å². The molecule has 0 saturated carbocycles. The fraction of sp³-hybridized carbons (Fsp3) is 0.333. The average molecular weight is 339 g/mol. The van der Waals surface area contributed by atoms with Gasteiger partial charge in [0.15, 0.2) is 11.5 Å². The lowest BCUT2D eigenvalue weighted by atomic mass is 10.1. The van der Waals surface area contributed by atoms with E-state index in [2.05, 4.69) is 30.4 Å². The van der Waals surface area contributed by atoms with Crippen molar-refractivity contribution in [1.82, 2.24) is 5.32 Å². The molecule has 0 radical (unpaired) electrons. The average Bonchev–Trinajstić information content (AvgIpc) is 3.04. The van der Waals surface area contributed by atoms with Crippen LogP contribution in [0.5, 0.6) is 11.5 Å². The second kappa shape index (κ2) is 7.62. The van der Waals surface area contributed by atoms with E-state index < -0.39 is 0 Å². The Labute approximate surface area is 148 Å². The summed E-state index contributed by atoms with van der Waals surface area (Å²) in [4.78, 5) is 0. The zero-order chi connectivity index (χ0) is 17.8. The van der Waals surface area contributed by atoms with E-state index in [1.807, 2.05) is 44.2 Å². The van der Waals surface area contributed by atoms with Crippen molar-refractivity contribution in [1.29, 1.82) is 0 Å². The summed E-state index contributed by atoms with van der Waals surface area (Å²) >= 11 is 0. The van der Waals surface area contributed by atoms with Gasteiger partial charge in [0.2, 0.25) is 0 Å². The van der Waals surface area contributed by atoms with Crippen molar-refractivity contribution in [3.63, 3.8) is 0 Å². The van der Waals surface area contributed by atoms with Gasteiger partial charge in [-0.2, -0.15) is 0 Å². The Morgan fingerprint density at radius 2 is 1.84 bits per heavy atom. The minimum absolute atomic E-state index is 0.0860. The summed E-state index contributed by atoms with van der Waals surface area (Å²) in [5.41, 5.74) is 1.98. The minimum atomic E-state index is 0.0860. The van der Waals surface area contributed by atoms with Gasteiger partial charge in [0.25, 0.3) is 0 Å². The van der Waals surface area contributed by atoms with Gasteiger partial charge < -0.3 is 19.2 Å². The molecule has 0 spiro atoms. The Balaban J connectivity index is 1.76. The van der Waals surface area contributed by atoms with Gasteiger partial charge in [-0.25, -0.2) is 0 Å². The third kappa shape index (κ3) is 3.97. The number of furan rings is 1. The molecule has 25 heavy (non-hydrogen) atoms. The number of nitrogens with one attached hydrogen (secondary N) is 1. The van der Waals surface area contributed by atoms with Crippen LogP contribution in [0, 0.1) is 0 Å². The quantitative estimate of drug-likeness (QED) is 0.652. The first-order valence-electron chi connectivity index (χ1n) is 8.63. The Bertz CT molecular complexity index is 805. The molecule has 4 nitrogen and oxygen atoms in total. The molecule has 1 heterocycles. The van der Waals surface area contributed by atoms with Gasteiger partial charge in [0, 0.05) is 17.5 Å². The van der Waals surface area contributed by atoms with Gasteiger partial charge >= 0.3 is 0 Å². The fourth-order valence-electron chi connectivity index (χ4n) is 2.81. The predicted octanol–water partition coefficient (Wildman–Crippen LogP) is 5.08. The van der Waals surface area contributed by atoms with Crippen LogP contribution in [0.3, 0.4) is 0 Å². The van der Waals surface area contributed by atoms with Crippen LogP contribution in [-0.4, -0.2) is 13.2 Å². The molecule has 3 aromatic rings. The number of fused-ring (bicyclic) bond motifs is 1. The number of hydrogen-bond acceptors (Lipinski definition) is 4. The first kappa shape index (κ1) is 17.4. The topological polar surface area (TPSA) is 43.6 Å². The summed E-state index contributed by atoms with van der Waals surface area (Å²) in [7, 11) is 1.66. The van der Waals surface area contributed by atoms with Gasteiger partial charge in [-0.3, -0.25) is 0 Å². The standard InChI is InChI=1S/C21H25NO3/c1-14(2)24-21-17(9-7-11-19(21)23-4)13-22-15(3)20-12-16-8-5-6-10-18(16)25-20/h5-12,14-15,22H,13H2,1-4H3. The van der Waals surface area contributed by atoms with E-state index in [0.717, 1.165) is 33.8 Å². The third-order valence-electron chi connectivity index (χ3n) is 4.10. The van der Waals surface area contributed by atoms with Gasteiger partial charge in [0.05, 0.1) is 19.3 Å². The Morgan fingerprint density at radius 3 is 2.56 bits per heavy atom. The number of benzene rings is 2. The summed E-state index contributed by atoms with van der Waals surface area (Å²) in [6, 6.07) is 16.2. The molecule has 0 fully saturated rings. The van der Waals surface area contributed by atoms with Crippen LogP contribution in [0.2, 0.25) is 0 Å². The second-order valence-corrected chi connectivity index (χ2v) is 6.40. The molecule has 2 aromatic carbocycles. The smallest absolute Gasteiger partial charge is 0.166 e. The summed E-state index contributed by atoms with van der Waals surface area (Å²) in [6.07, 6.45) is 0.0860. The lowest BCUT2D eigenvalue weighted by Crippen LogP contribution is -2.19. The fourth-order valence-corrected chi connectivity index (χ4v) is 2.81. The first-order chi connectivity index (χ1) is 12.1. The SMILES string of the molecule is COc1cccc(CNC(C)c2cc3ccccc3o2)c1OC(C)C. The van der Waals surface area contributed by atoms with Crippen molar-refractivity contribution in [2.24, 2.45) is 0 Å². The molecule has 1 atom stereocenters. The maximum absolute atomic E-state index is 5.96. The molecule has 0 amide bonds. The molecule has 132 valence electrons. The van der Waals surface area contributed by atoms with Gasteiger partial charge in [-0.05, 0) is 39.0 Å². The Morgan fingerprint density at radius 1 is 1.04 bits per heavy atom. The van der Waals surface area contributed by atoms with Crippen LogP contribution in [-0.2, 0) is 6.54 Å². The summed E-state index contributed by atoms with van der Waals surface area (Å²) in [6.45, 7) is 6.79. The van der Waals surface area contributed by atoms with Gasteiger partial charge in [-0.1, -0.05) is 30.3 Å². The normalized spacial score (nSPS) is 12.5. The summed E-state index contributed by atoms with van der Waals surface area (Å²) in [5.74, 6) is 2.48. The van der Waals surface area contributed by atoms with Crippen molar-refractivity contribution < 1.29 is 13.9 Å². The van der Waals surface area contributed by atoms with E-state index in [0.29, 0.717) is 6.54 Å². The highest BCUT2D eigenvalue weighted by Gasteiger charge is 2.15. The molecule has 1 N–H and O–H groups in total. The van der Waals surface area contributed by atoms with Crippen LogP contribution >= 0.6 is 0 Å². The van der Waals surface area contributed by atoms with Crippen LogP contribution in [0.4, 0.5) is 0 Å². The molecule has 1 unspecified atom stereocenters. The van der Waals surface area contributed by atoms with Crippen molar-refractivity contribution in [2.75, 3.05) is 7.11 Å². The van der Waals surface area contributed by atoms with E-state index in [9.17, 15) is 0 Å².